The lowest BCUT2D eigenvalue weighted by molar-refractivity contribution is 0.415. The monoisotopic (exact) mass is 281 g/mol. The lowest BCUT2D eigenvalue weighted by Gasteiger charge is -2.01. The molecule has 16 heavy (non-hydrogen) atoms. The Balaban J connectivity index is 2.46. The maximum absolute atomic E-state index is 5.82. The molecule has 0 spiro atoms. The maximum atomic E-state index is 5.82. The predicted molar refractivity (Wildman–Crippen MR) is 67.3 cm³/mol. The van der Waals surface area contributed by atoms with Crippen molar-refractivity contribution in [1.29, 1.82) is 0 Å². The van der Waals surface area contributed by atoms with E-state index in [2.05, 4.69) is 21.0 Å². The van der Waals surface area contributed by atoms with Gasteiger partial charge in [-0.25, -0.2) is 0 Å². The average Bonchev–Trinajstić information content (AvgIpc) is 2.57. The first-order chi connectivity index (χ1) is 7.63. The number of anilines is 1. The molecule has 1 heterocycles. The van der Waals surface area contributed by atoms with Crippen molar-refractivity contribution < 1.29 is 4.74 Å². The van der Waals surface area contributed by atoms with Crippen LogP contribution in [-0.2, 0) is 7.05 Å². The second-order valence-corrected chi connectivity index (χ2v) is 4.19. The molecule has 0 amide bonds. The Labute approximate surface area is 102 Å². The summed E-state index contributed by atoms with van der Waals surface area (Å²) >= 11 is 3.43. The highest BCUT2D eigenvalue weighted by Gasteiger charge is 2.12. The molecule has 0 bridgehead atoms. The van der Waals surface area contributed by atoms with Gasteiger partial charge in [0.05, 0.1) is 11.6 Å². The van der Waals surface area contributed by atoms with E-state index < -0.39 is 0 Å². The van der Waals surface area contributed by atoms with Gasteiger partial charge in [0.25, 0.3) is 0 Å². The van der Waals surface area contributed by atoms with E-state index in [-0.39, 0.29) is 0 Å². The van der Waals surface area contributed by atoms with Gasteiger partial charge in [-0.2, -0.15) is 5.10 Å². The minimum Gasteiger partial charge on any atom is -0.497 e. The lowest BCUT2D eigenvalue weighted by atomic mass is 10.1. The molecule has 84 valence electrons. The zero-order chi connectivity index (χ0) is 11.7. The Morgan fingerprint density at radius 3 is 2.38 bits per heavy atom. The van der Waals surface area contributed by atoms with Crippen LogP contribution in [0.25, 0.3) is 11.3 Å². The number of hydrogen-bond donors (Lipinski definition) is 1. The van der Waals surface area contributed by atoms with Crippen LogP contribution in [-0.4, -0.2) is 16.9 Å². The number of methoxy groups -OCH3 is 1. The lowest BCUT2D eigenvalue weighted by Crippen LogP contribution is -1.97. The van der Waals surface area contributed by atoms with Gasteiger partial charge in [0, 0.05) is 12.6 Å². The Morgan fingerprint density at radius 1 is 1.31 bits per heavy atom. The molecular weight excluding hydrogens is 270 g/mol. The van der Waals surface area contributed by atoms with Crippen LogP contribution in [0.5, 0.6) is 5.75 Å². The highest BCUT2D eigenvalue weighted by atomic mass is 79.9. The number of halogens is 1. The molecule has 2 rings (SSSR count). The van der Waals surface area contributed by atoms with Crippen LogP contribution in [0.15, 0.2) is 28.7 Å². The van der Waals surface area contributed by atoms with Gasteiger partial charge >= 0.3 is 0 Å². The first-order valence-corrected chi connectivity index (χ1v) is 5.55. The summed E-state index contributed by atoms with van der Waals surface area (Å²) in [5, 5.41) is 4.34. The number of benzene rings is 1. The number of aromatic nitrogens is 2. The first kappa shape index (κ1) is 11.0. The van der Waals surface area contributed by atoms with Crippen molar-refractivity contribution in [2.45, 2.75) is 0 Å². The van der Waals surface area contributed by atoms with E-state index in [1.54, 1.807) is 11.8 Å². The van der Waals surface area contributed by atoms with E-state index in [4.69, 9.17) is 10.5 Å². The largest absolute Gasteiger partial charge is 0.497 e. The normalized spacial score (nSPS) is 10.4. The van der Waals surface area contributed by atoms with Gasteiger partial charge in [0.2, 0.25) is 0 Å². The maximum Gasteiger partial charge on any atom is 0.136 e. The van der Waals surface area contributed by atoms with Gasteiger partial charge in [-0.1, -0.05) is 0 Å². The third kappa shape index (κ3) is 1.78. The van der Waals surface area contributed by atoms with E-state index >= 15 is 0 Å². The zero-order valence-electron chi connectivity index (χ0n) is 9.07. The van der Waals surface area contributed by atoms with E-state index in [0.717, 1.165) is 21.5 Å². The fraction of sp³-hybridized carbons (Fsp3) is 0.182. The van der Waals surface area contributed by atoms with Gasteiger partial charge < -0.3 is 10.5 Å². The zero-order valence-corrected chi connectivity index (χ0v) is 10.7. The molecule has 0 saturated carbocycles. The molecule has 1 aromatic carbocycles. The van der Waals surface area contributed by atoms with Crippen LogP contribution in [0.1, 0.15) is 0 Å². The van der Waals surface area contributed by atoms with Crippen LogP contribution in [0, 0.1) is 0 Å². The van der Waals surface area contributed by atoms with Crippen LogP contribution in [0.2, 0.25) is 0 Å². The molecule has 0 aliphatic rings. The number of aryl methyl sites for hydroxylation is 1. The van der Waals surface area contributed by atoms with Gasteiger partial charge in [-0.3, -0.25) is 4.68 Å². The van der Waals surface area contributed by atoms with Gasteiger partial charge in [0.1, 0.15) is 17.3 Å². The van der Waals surface area contributed by atoms with E-state index in [1.165, 1.54) is 0 Å². The van der Waals surface area contributed by atoms with Crippen molar-refractivity contribution >= 4 is 21.7 Å². The summed E-state index contributed by atoms with van der Waals surface area (Å²) in [5.41, 5.74) is 7.66. The van der Waals surface area contributed by atoms with Gasteiger partial charge in [-0.05, 0) is 40.2 Å². The number of hydrogen-bond acceptors (Lipinski definition) is 3. The summed E-state index contributed by atoms with van der Waals surface area (Å²) in [7, 11) is 3.46. The minimum atomic E-state index is 0.616. The summed E-state index contributed by atoms with van der Waals surface area (Å²) < 4.78 is 7.56. The number of ether oxygens (including phenoxy) is 1. The predicted octanol–water partition coefficient (Wildman–Crippen LogP) is 2.44. The van der Waals surface area contributed by atoms with Gasteiger partial charge in [-0.15, -0.1) is 0 Å². The van der Waals surface area contributed by atoms with Crippen LogP contribution >= 0.6 is 15.9 Å². The van der Waals surface area contributed by atoms with E-state index in [0.29, 0.717) is 5.82 Å². The third-order valence-electron chi connectivity index (χ3n) is 2.39. The highest BCUT2D eigenvalue weighted by Crippen LogP contribution is 2.32. The molecule has 0 unspecified atom stereocenters. The number of nitrogens with zero attached hydrogens (tertiary/aromatic N) is 2. The summed E-state index contributed by atoms with van der Waals surface area (Å²) in [6.45, 7) is 0. The number of rotatable bonds is 2. The molecule has 0 saturated heterocycles. The number of nitrogen functional groups attached to an aromatic ring is 1. The van der Waals surface area contributed by atoms with Crippen molar-refractivity contribution in [1.82, 2.24) is 9.78 Å². The first-order valence-electron chi connectivity index (χ1n) is 4.76. The fourth-order valence-electron chi connectivity index (χ4n) is 1.44. The molecule has 2 N–H and O–H groups in total. The average molecular weight is 282 g/mol. The van der Waals surface area contributed by atoms with Gasteiger partial charge in [0.15, 0.2) is 0 Å². The highest BCUT2D eigenvalue weighted by molar-refractivity contribution is 9.10. The van der Waals surface area contributed by atoms with Crippen LogP contribution < -0.4 is 10.5 Å². The number of nitrogens with two attached hydrogens (primary N) is 1. The Hall–Kier alpha value is -1.49. The summed E-state index contributed by atoms with van der Waals surface area (Å²) in [5.74, 6) is 1.44. The van der Waals surface area contributed by atoms with Crippen molar-refractivity contribution in [2.24, 2.45) is 7.05 Å². The summed E-state index contributed by atoms with van der Waals surface area (Å²) in [6, 6.07) is 7.69. The molecule has 1 aromatic heterocycles. The topological polar surface area (TPSA) is 53.1 Å². The summed E-state index contributed by atoms with van der Waals surface area (Å²) in [6.07, 6.45) is 0. The molecular formula is C11H12BrN3O. The van der Waals surface area contributed by atoms with E-state index in [9.17, 15) is 0 Å². The van der Waals surface area contributed by atoms with Crippen molar-refractivity contribution in [3.05, 3.63) is 28.7 Å². The SMILES string of the molecule is COc1ccc(-c2nn(C)c(N)c2Br)cc1. The Morgan fingerprint density at radius 2 is 1.94 bits per heavy atom. The van der Waals surface area contributed by atoms with Crippen molar-refractivity contribution in [3.8, 4) is 17.0 Å². The molecule has 0 radical (unpaired) electrons. The fourth-order valence-corrected chi connectivity index (χ4v) is 2.01. The second kappa shape index (κ2) is 4.17. The molecule has 4 nitrogen and oxygen atoms in total. The molecule has 5 heteroatoms. The molecule has 0 aliphatic heterocycles. The van der Waals surface area contributed by atoms with Crippen LogP contribution in [0.3, 0.4) is 0 Å². The summed E-state index contributed by atoms with van der Waals surface area (Å²) in [4.78, 5) is 0. The molecule has 0 atom stereocenters. The smallest absolute Gasteiger partial charge is 0.136 e. The molecule has 0 aliphatic carbocycles. The Bertz CT molecular complexity index is 505. The molecule has 2 aromatic rings. The third-order valence-corrected chi connectivity index (χ3v) is 3.18. The van der Waals surface area contributed by atoms with Crippen molar-refractivity contribution in [2.75, 3.05) is 12.8 Å². The van der Waals surface area contributed by atoms with E-state index in [1.807, 2.05) is 31.3 Å². The quantitative estimate of drug-likeness (QED) is 0.920. The standard InChI is InChI=1S/C11H12BrN3O/c1-15-11(13)9(12)10(14-15)7-3-5-8(16-2)6-4-7/h3-6H,13H2,1-2H3. The van der Waals surface area contributed by atoms with Crippen LogP contribution in [0.4, 0.5) is 5.82 Å². The second-order valence-electron chi connectivity index (χ2n) is 3.40. The minimum absolute atomic E-state index is 0.616. The van der Waals surface area contributed by atoms with Crippen molar-refractivity contribution in [3.63, 3.8) is 0 Å². The Kier molecular flexibility index (Phi) is 2.87. The molecule has 0 fully saturated rings.